The molecule has 0 radical (unpaired) electrons. The van der Waals surface area contributed by atoms with Crippen LogP contribution in [0.15, 0.2) is 31.2 Å². The summed E-state index contributed by atoms with van der Waals surface area (Å²) in [4.78, 5) is 4.24. The molecule has 0 saturated heterocycles. The van der Waals surface area contributed by atoms with Crippen LogP contribution in [0.4, 0.5) is 11.4 Å². The van der Waals surface area contributed by atoms with Crippen LogP contribution in [0.25, 0.3) is 11.0 Å². The minimum Gasteiger partial charge on any atom is -0.397 e. The number of aryl methyl sites for hydroxylation is 1. The minimum absolute atomic E-state index is 0.695. The average Bonchev–Trinajstić information content (AvgIpc) is 2.50. The zero-order chi connectivity index (χ0) is 10.1. The second-order valence-corrected chi connectivity index (χ2v) is 3.13. The fraction of sp³-hybridized carbons (Fsp3) is 0.100. The van der Waals surface area contributed by atoms with E-state index in [0.717, 1.165) is 16.7 Å². The lowest BCUT2D eigenvalue weighted by Crippen LogP contribution is -1.95. The molecular weight excluding hydrogens is 176 g/mol. The number of rotatable bonds is 2. The van der Waals surface area contributed by atoms with Gasteiger partial charge in [0.05, 0.1) is 28.7 Å². The van der Waals surface area contributed by atoms with Crippen molar-refractivity contribution in [2.45, 2.75) is 0 Å². The number of hydrogen-bond acceptors (Lipinski definition) is 3. The van der Waals surface area contributed by atoms with Gasteiger partial charge in [-0.15, -0.1) is 0 Å². The fourth-order valence-corrected chi connectivity index (χ4v) is 1.42. The Labute approximate surface area is 82.0 Å². The van der Waals surface area contributed by atoms with Gasteiger partial charge in [0.15, 0.2) is 0 Å². The second kappa shape index (κ2) is 3.06. The van der Waals surface area contributed by atoms with E-state index in [-0.39, 0.29) is 0 Å². The molecule has 0 aliphatic rings. The van der Waals surface area contributed by atoms with E-state index in [0.29, 0.717) is 5.69 Å². The first kappa shape index (κ1) is 8.62. The van der Waals surface area contributed by atoms with Crippen molar-refractivity contribution in [1.29, 1.82) is 0 Å². The molecule has 4 nitrogen and oxygen atoms in total. The Morgan fingerprint density at radius 3 is 3.07 bits per heavy atom. The molecule has 3 N–H and O–H groups in total. The summed E-state index contributed by atoms with van der Waals surface area (Å²) in [5, 5.41) is 2.97. The Kier molecular flexibility index (Phi) is 1.89. The predicted octanol–water partition coefficient (Wildman–Crippen LogP) is 1.71. The highest BCUT2D eigenvalue weighted by Gasteiger charge is 2.04. The van der Waals surface area contributed by atoms with Crippen LogP contribution in [0.5, 0.6) is 0 Å². The molecule has 0 spiro atoms. The molecule has 0 saturated carbocycles. The third-order valence-electron chi connectivity index (χ3n) is 2.15. The van der Waals surface area contributed by atoms with Gasteiger partial charge in [-0.25, -0.2) is 4.98 Å². The summed E-state index contributed by atoms with van der Waals surface area (Å²) in [6, 6.07) is 3.81. The summed E-state index contributed by atoms with van der Waals surface area (Å²) in [6.07, 6.45) is 3.36. The highest BCUT2D eigenvalue weighted by Crippen LogP contribution is 2.24. The van der Waals surface area contributed by atoms with E-state index < -0.39 is 0 Å². The summed E-state index contributed by atoms with van der Waals surface area (Å²) in [6.45, 7) is 3.59. The van der Waals surface area contributed by atoms with Gasteiger partial charge in [0.2, 0.25) is 0 Å². The summed E-state index contributed by atoms with van der Waals surface area (Å²) < 4.78 is 1.93. The van der Waals surface area contributed by atoms with E-state index in [1.54, 1.807) is 12.5 Å². The van der Waals surface area contributed by atoms with Crippen LogP contribution in [-0.4, -0.2) is 9.55 Å². The van der Waals surface area contributed by atoms with E-state index >= 15 is 0 Å². The van der Waals surface area contributed by atoms with Crippen molar-refractivity contribution in [3.05, 3.63) is 31.2 Å². The summed E-state index contributed by atoms with van der Waals surface area (Å²) >= 11 is 0. The van der Waals surface area contributed by atoms with Gasteiger partial charge in [-0.2, -0.15) is 0 Å². The van der Waals surface area contributed by atoms with Crippen molar-refractivity contribution in [3.63, 3.8) is 0 Å². The van der Waals surface area contributed by atoms with E-state index in [2.05, 4.69) is 16.9 Å². The van der Waals surface area contributed by atoms with Gasteiger partial charge >= 0.3 is 0 Å². The van der Waals surface area contributed by atoms with Crippen molar-refractivity contribution in [2.24, 2.45) is 7.05 Å². The molecule has 0 fully saturated rings. The van der Waals surface area contributed by atoms with Gasteiger partial charge in [-0.05, 0) is 18.3 Å². The highest BCUT2D eigenvalue weighted by molar-refractivity contribution is 5.87. The second-order valence-electron chi connectivity index (χ2n) is 3.13. The SMILES string of the molecule is C=CNc1cc2ncn(C)c2cc1N. The van der Waals surface area contributed by atoms with Gasteiger partial charge in [-0.1, -0.05) is 6.58 Å². The Morgan fingerprint density at radius 1 is 1.57 bits per heavy atom. The molecule has 0 amide bonds. The number of fused-ring (bicyclic) bond motifs is 1. The normalized spacial score (nSPS) is 10.4. The number of hydrogen-bond donors (Lipinski definition) is 2. The summed E-state index contributed by atoms with van der Waals surface area (Å²) in [5.41, 5.74) is 9.33. The van der Waals surface area contributed by atoms with Gasteiger partial charge in [0.1, 0.15) is 0 Å². The van der Waals surface area contributed by atoms with Crippen LogP contribution < -0.4 is 11.1 Å². The molecule has 4 heteroatoms. The Balaban J connectivity index is 2.66. The molecule has 1 heterocycles. The monoisotopic (exact) mass is 188 g/mol. The van der Waals surface area contributed by atoms with Crippen LogP contribution in [0.3, 0.4) is 0 Å². The average molecular weight is 188 g/mol. The third-order valence-corrected chi connectivity index (χ3v) is 2.15. The van der Waals surface area contributed by atoms with Gasteiger partial charge in [0, 0.05) is 7.05 Å². The maximum absolute atomic E-state index is 5.85. The van der Waals surface area contributed by atoms with Crippen LogP contribution in [0, 0.1) is 0 Å². The number of nitrogens with one attached hydrogen (secondary N) is 1. The zero-order valence-corrected chi connectivity index (χ0v) is 7.99. The number of aromatic nitrogens is 2. The first-order chi connectivity index (χ1) is 6.72. The molecule has 72 valence electrons. The molecule has 0 unspecified atom stereocenters. The first-order valence-corrected chi connectivity index (χ1v) is 4.30. The van der Waals surface area contributed by atoms with Crippen LogP contribution in [0.1, 0.15) is 0 Å². The van der Waals surface area contributed by atoms with E-state index in [9.17, 15) is 0 Å². The van der Waals surface area contributed by atoms with Crippen LogP contribution in [-0.2, 0) is 7.05 Å². The lowest BCUT2D eigenvalue weighted by Gasteiger charge is -2.05. The van der Waals surface area contributed by atoms with Crippen molar-refractivity contribution in [1.82, 2.24) is 9.55 Å². The van der Waals surface area contributed by atoms with Crippen molar-refractivity contribution < 1.29 is 0 Å². The summed E-state index contributed by atoms with van der Waals surface area (Å²) in [7, 11) is 1.94. The molecule has 1 aromatic carbocycles. The first-order valence-electron chi connectivity index (χ1n) is 4.30. The molecule has 0 atom stereocenters. The quantitative estimate of drug-likeness (QED) is 0.705. The molecule has 2 rings (SSSR count). The molecule has 14 heavy (non-hydrogen) atoms. The van der Waals surface area contributed by atoms with Gasteiger partial charge < -0.3 is 15.6 Å². The van der Waals surface area contributed by atoms with E-state index in [1.807, 2.05) is 23.7 Å². The minimum atomic E-state index is 0.695. The standard InChI is InChI=1S/C10H12N4/c1-3-12-8-5-9-10(4-7(8)11)14(2)6-13-9/h3-6,12H,1,11H2,2H3. The smallest absolute Gasteiger partial charge is 0.0955 e. The van der Waals surface area contributed by atoms with Crippen LogP contribution in [0.2, 0.25) is 0 Å². The fourth-order valence-electron chi connectivity index (χ4n) is 1.42. The Hall–Kier alpha value is -1.97. The Morgan fingerprint density at radius 2 is 2.36 bits per heavy atom. The number of nitrogens with zero attached hydrogens (tertiary/aromatic N) is 2. The third kappa shape index (κ3) is 1.21. The molecule has 0 bridgehead atoms. The van der Waals surface area contributed by atoms with Crippen LogP contribution >= 0.6 is 0 Å². The number of nitrogen functional groups attached to an aromatic ring is 1. The maximum Gasteiger partial charge on any atom is 0.0955 e. The van der Waals surface area contributed by atoms with E-state index in [1.165, 1.54) is 0 Å². The molecular formula is C10H12N4. The molecule has 0 aliphatic heterocycles. The lowest BCUT2D eigenvalue weighted by atomic mass is 10.2. The number of benzene rings is 1. The van der Waals surface area contributed by atoms with Crippen molar-refractivity contribution in [2.75, 3.05) is 11.1 Å². The largest absolute Gasteiger partial charge is 0.397 e. The van der Waals surface area contributed by atoms with Gasteiger partial charge in [-0.3, -0.25) is 0 Å². The Bertz CT molecular complexity index is 484. The van der Waals surface area contributed by atoms with Crippen molar-refractivity contribution in [3.8, 4) is 0 Å². The number of imidazole rings is 1. The number of anilines is 2. The predicted molar refractivity (Wildman–Crippen MR) is 58.9 cm³/mol. The highest BCUT2D eigenvalue weighted by atomic mass is 15.0. The molecule has 2 aromatic rings. The van der Waals surface area contributed by atoms with E-state index in [4.69, 9.17) is 5.73 Å². The molecule has 0 aliphatic carbocycles. The zero-order valence-electron chi connectivity index (χ0n) is 7.99. The molecule has 1 aromatic heterocycles. The topological polar surface area (TPSA) is 55.9 Å². The lowest BCUT2D eigenvalue weighted by molar-refractivity contribution is 0.948. The number of nitrogens with two attached hydrogens (primary N) is 1. The van der Waals surface area contributed by atoms with Crippen molar-refractivity contribution >= 4 is 22.4 Å². The van der Waals surface area contributed by atoms with Gasteiger partial charge in [0.25, 0.3) is 0 Å². The maximum atomic E-state index is 5.85. The summed E-state index contributed by atoms with van der Waals surface area (Å²) in [5.74, 6) is 0.